The molecule has 1 saturated heterocycles. The van der Waals surface area contributed by atoms with Gasteiger partial charge < -0.3 is 9.84 Å². The number of hydrogen-bond acceptors (Lipinski definition) is 4. The van der Waals surface area contributed by atoms with Crippen LogP contribution in [0.3, 0.4) is 0 Å². The van der Waals surface area contributed by atoms with E-state index in [-0.39, 0.29) is 6.10 Å². The van der Waals surface area contributed by atoms with Crippen molar-refractivity contribution in [2.24, 2.45) is 0 Å². The van der Waals surface area contributed by atoms with E-state index >= 15 is 0 Å². The van der Waals surface area contributed by atoms with Gasteiger partial charge in [0.05, 0.1) is 25.4 Å². The summed E-state index contributed by atoms with van der Waals surface area (Å²) in [5.74, 6) is 0. The van der Waals surface area contributed by atoms with Crippen LogP contribution in [-0.4, -0.2) is 58.2 Å². The third-order valence-corrected chi connectivity index (χ3v) is 3.10. The number of β-amino-alcohol motifs (C(OH)–C–C–N with tert-alkyl or cyclic N) is 1. The first-order valence-corrected chi connectivity index (χ1v) is 6.27. The standard InChI is InChI=1S/C12H21N3O2/c1-2-12-10-14(6-7-17-12)8-11(16)9-15-5-3-4-13-15/h3-5,11-12,16H,2,6-10H2,1H3. The molecule has 5 nitrogen and oxygen atoms in total. The Kier molecular flexibility index (Phi) is 4.53. The van der Waals surface area contributed by atoms with Crippen LogP contribution in [0.5, 0.6) is 0 Å². The Balaban J connectivity index is 1.76. The zero-order valence-electron chi connectivity index (χ0n) is 10.3. The van der Waals surface area contributed by atoms with Gasteiger partial charge in [-0.15, -0.1) is 0 Å². The first-order valence-electron chi connectivity index (χ1n) is 6.27. The maximum absolute atomic E-state index is 9.99. The van der Waals surface area contributed by atoms with Gasteiger partial charge in [0.2, 0.25) is 0 Å². The molecule has 1 aromatic rings. The molecule has 1 fully saturated rings. The zero-order chi connectivity index (χ0) is 12.1. The van der Waals surface area contributed by atoms with E-state index in [0.717, 1.165) is 26.1 Å². The number of nitrogens with zero attached hydrogens (tertiary/aromatic N) is 3. The Hall–Kier alpha value is -0.910. The minimum absolute atomic E-state index is 0.320. The van der Waals surface area contributed by atoms with Crippen LogP contribution >= 0.6 is 0 Å². The van der Waals surface area contributed by atoms with Gasteiger partial charge in [-0.3, -0.25) is 9.58 Å². The molecule has 1 aliphatic heterocycles. The van der Waals surface area contributed by atoms with Crippen molar-refractivity contribution >= 4 is 0 Å². The molecule has 2 heterocycles. The number of aromatic nitrogens is 2. The molecule has 5 heteroatoms. The van der Waals surface area contributed by atoms with Gasteiger partial charge in [0.15, 0.2) is 0 Å². The van der Waals surface area contributed by atoms with Crippen LogP contribution in [0.4, 0.5) is 0 Å². The fraction of sp³-hybridized carbons (Fsp3) is 0.750. The predicted molar refractivity (Wildman–Crippen MR) is 64.7 cm³/mol. The molecule has 0 aliphatic carbocycles. The molecule has 1 aliphatic rings. The molecule has 96 valence electrons. The Morgan fingerprint density at radius 2 is 2.41 bits per heavy atom. The fourth-order valence-corrected chi connectivity index (χ4v) is 2.17. The van der Waals surface area contributed by atoms with E-state index in [2.05, 4.69) is 16.9 Å². The molecule has 0 bridgehead atoms. The predicted octanol–water partition coefficient (Wildman–Crippen LogP) is 0.355. The van der Waals surface area contributed by atoms with Crippen molar-refractivity contribution in [1.82, 2.24) is 14.7 Å². The fourth-order valence-electron chi connectivity index (χ4n) is 2.17. The summed E-state index contributed by atoms with van der Waals surface area (Å²) in [6, 6.07) is 1.87. The molecule has 1 aromatic heterocycles. The topological polar surface area (TPSA) is 50.5 Å². The molecule has 17 heavy (non-hydrogen) atoms. The summed E-state index contributed by atoms with van der Waals surface area (Å²) in [4.78, 5) is 2.27. The maximum Gasteiger partial charge on any atom is 0.0862 e. The molecule has 0 saturated carbocycles. The van der Waals surface area contributed by atoms with Crippen LogP contribution in [0.25, 0.3) is 0 Å². The highest BCUT2D eigenvalue weighted by molar-refractivity contribution is 4.79. The quantitative estimate of drug-likeness (QED) is 0.806. The lowest BCUT2D eigenvalue weighted by atomic mass is 10.2. The Morgan fingerprint density at radius 1 is 1.53 bits per heavy atom. The van der Waals surface area contributed by atoms with Crippen molar-refractivity contribution in [3.63, 3.8) is 0 Å². The van der Waals surface area contributed by atoms with Crippen LogP contribution in [-0.2, 0) is 11.3 Å². The van der Waals surface area contributed by atoms with Gasteiger partial charge in [-0.25, -0.2) is 0 Å². The normalized spacial score (nSPS) is 23.8. The average Bonchev–Trinajstić information content (AvgIpc) is 2.82. The molecule has 0 aromatic carbocycles. The molecular formula is C12H21N3O2. The van der Waals surface area contributed by atoms with E-state index in [0.29, 0.717) is 19.2 Å². The van der Waals surface area contributed by atoms with Crippen molar-refractivity contribution in [1.29, 1.82) is 0 Å². The Bertz CT molecular complexity index is 316. The van der Waals surface area contributed by atoms with E-state index in [9.17, 15) is 5.11 Å². The second-order valence-corrected chi connectivity index (χ2v) is 4.54. The highest BCUT2D eigenvalue weighted by atomic mass is 16.5. The second-order valence-electron chi connectivity index (χ2n) is 4.54. The van der Waals surface area contributed by atoms with E-state index in [4.69, 9.17) is 4.74 Å². The summed E-state index contributed by atoms with van der Waals surface area (Å²) in [7, 11) is 0. The minimum atomic E-state index is -0.370. The largest absolute Gasteiger partial charge is 0.390 e. The lowest BCUT2D eigenvalue weighted by molar-refractivity contribution is -0.0431. The van der Waals surface area contributed by atoms with Gasteiger partial charge in [0, 0.05) is 32.0 Å². The Morgan fingerprint density at radius 3 is 3.12 bits per heavy atom. The molecular weight excluding hydrogens is 218 g/mol. The lowest BCUT2D eigenvalue weighted by Crippen LogP contribution is -2.46. The smallest absolute Gasteiger partial charge is 0.0862 e. The van der Waals surface area contributed by atoms with Gasteiger partial charge in [0.1, 0.15) is 0 Å². The minimum Gasteiger partial charge on any atom is -0.390 e. The zero-order valence-corrected chi connectivity index (χ0v) is 10.3. The van der Waals surface area contributed by atoms with Gasteiger partial charge in [-0.1, -0.05) is 6.92 Å². The molecule has 0 spiro atoms. The summed E-state index contributed by atoms with van der Waals surface area (Å²) >= 11 is 0. The van der Waals surface area contributed by atoms with Gasteiger partial charge >= 0.3 is 0 Å². The molecule has 0 amide bonds. The van der Waals surface area contributed by atoms with E-state index in [1.54, 1.807) is 10.9 Å². The van der Waals surface area contributed by atoms with Gasteiger partial charge in [-0.05, 0) is 12.5 Å². The number of morpholine rings is 1. The highest BCUT2D eigenvalue weighted by Crippen LogP contribution is 2.08. The van der Waals surface area contributed by atoms with Crippen LogP contribution < -0.4 is 0 Å². The van der Waals surface area contributed by atoms with E-state index in [1.165, 1.54) is 0 Å². The van der Waals surface area contributed by atoms with Crippen LogP contribution in [0, 0.1) is 0 Å². The monoisotopic (exact) mass is 239 g/mol. The molecule has 1 N–H and O–H groups in total. The molecule has 2 rings (SSSR count). The number of rotatable bonds is 5. The first-order chi connectivity index (χ1) is 8.28. The highest BCUT2D eigenvalue weighted by Gasteiger charge is 2.21. The van der Waals surface area contributed by atoms with E-state index in [1.807, 2.05) is 12.3 Å². The van der Waals surface area contributed by atoms with Crippen LogP contribution in [0.2, 0.25) is 0 Å². The van der Waals surface area contributed by atoms with Crippen molar-refractivity contribution in [3.8, 4) is 0 Å². The van der Waals surface area contributed by atoms with Crippen molar-refractivity contribution < 1.29 is 9.84 Å². The summed E-state index contributed by atoms with van der Waals surface area (Å²) in [6.07, 6.45) is 4.59. The molecule has 0 radical (unpaired) electrons. The summed E-state index contributed by atoms with van der Waals surface area (Å²) in [5, 5.41) is 14.1. The number of ether oxygens (including phenoxy) is 1. The number of hydrogen-bond donors (Lipinski definition) is 1. The third-order valence-electron chi connectivity index (χ3n) is 3.10. The first kappa shape index (κ1) is 12.5. The van der Waals surface area contributed by atoms with Crippen molar-refractivity contribution in [3.05, 3.63) is 18.5 Å². The van der Waals surface area contributed by atoms with Crippen LogP contribution in [0.15, 0.2) is 18.5 Å². The van der Waals surface area contributed by atoms with Crippen molar-refractivity contribution in [2.75, 3.05) is 26.2 Å². The van der Waals surface area contributed by atoms with Gasteiger partial charge in [-0.2, -0.15) is 5.10 Å². The summed E-state index contributed by atoms with van der Waals surface area (Å²) in [5.41, 5.74) is 0. The van der Waals surface area contributed by atoms with Crippen LogP contribution in [0.1, 0.15) is 13.3 Å². The van der Waals surface area contributed by atoms with Crippen molar-refractivity contribution in [2.45, 2.75) is 32.1 Å². The molecule has 2 atom stereocenters. The number of aliphatic hydroxyl groups is 1. The molecule has 2 unspecified atom stereocenters. The Labute approximate surface area is 102 Å². The second kappa shape index (κ2) is 6.14. The average molecular weight is 239 g/mol. The SMILES string of the molecule is CCC1CN(CC(O)Cn2cccn2)CCO1. The van der Waals surface area contributed by atoms with Gasteiger partial charge in [0.25, 0.3) is 0 Å². The summed E-state index contributed by atoms with van der Waals surface area (Å²) < 4.78 is 7.37. The summed E-state index contributed by atoms with van der Waals surface area (Å²) in [6.45, 7) is 5.99. The number of aliphatic hydroxyl groups excluding tert-OH is 1. The maximum atomic E-state index is 9.99. The third kappa shape index (κ3) is 3.80. The lowest BCUT2D eigenvalue weighted by Gasteiger charge is -2.33. The van der Waals surface area contributed by atoms with E-state index < -0.39 is 0 Å².